The molecule has 0 bridgehead atoms. The van der Waals surface area contributed by atoms with Crippen LogP contribution in [0.25, 0.3) is 10.9 Å². The Kier molecular flexibility index (Phi) is 4.20. The standard InChI is InChI=1S/C18H21N5O/c1-4-23-11-13(12(2)21-23)10-22(3)17-9-15(18(19)24)14-7-5-6-8-16(14)20-17/h5-9,11H,4,10H2,1-3H3,(H2,19,24). The molecule has 124 valence electrons. The summed E-state index contributed by atoms with van der Waals surface area (Å²) in [5.74, 6) is 0.268. The first kappa shape index (κ1) is 16.0. The van der Waals surface area contributed by atoms with E-state index in [1.165, 1.54) is 0 Å². The fourth-order valence-corrected chi connectivity index (χ4v) is 2.77. The number of primary amides is 1. The molecule has 6 heteroatoms. The van der Waals surface area contributed by atoms with Crippen LogP contribution >= 0.6 is 0 Å². The van der Waals surface area contributed by atoms with Crippen LogP contribution in [0.4, 0.5) is 5.82 Å². The number of rotatable bonds is 5. The largest absolute Gasteiger partial charge is 0.366 e. The van der Waals surface area contributed by atoms with Gasteiger partial charge < -0.3 is 10.6 Å². The molecule has 0 atom stereocenters. The number of carbonyl (C=O) groups excluding carboxylic acids is 1. The molecule has 0 aliphatic rings. The van der Waals surface area contributed by atoms with Crippen molar-refractivity contribution in [3.8, 4) is 0 Å². The Balaban J connectivity index is 1.98. The zero-order chi connectivity index (χ0) is 17.3. The van der Waals surface area contributed by atoms with Gasteiger partial charge in [-0.1, -0.05) is 18.2 Å². The molecular weight excluding hydrogens is 302 g/mol. The van der Waals surface area contributed by atoms with Crippen LogP contribution in [0, 0.1) is 6.92 Å². The summed E-state index contributed by atoms with van der Waals surface area (Å²) in [6, 6.07) is 9.28. The number of benzene rings is 1. The van der Waals surface area contributed by atoms with Gasteiger partial charge in [0.25, 0.3) is 0 Å². The van der Waals surface area contributed by atoms with E-state index in [0.717, 1.165) is 28.7 Å². The van der Waals surface area contributed by atoms with Crippen molar-refractivity contribution in [1.82, 2.24) is 14.8 Å². The minimum atomic E-state index is -0.446. The topological polar surface area (TPSA) is 77.0 Å². The minimum Gasteiger partial charge on any atom is -0.366 e. The smallest absolute Gasteiger partial charge is 0.249 e. The van der Waals surface area contributed by atoms with Crippen LogP contribution in [-0.2, 0) is 13.1 Å². The van der Waals surface area contributed by atoms with Gasteiger partial charge in [0.2, 0.25) is 5.91 Å². The van der Waals surface area contributed by atoms with Crippen LogP contribution in [0.15, 0.2) is 36.5 Å². The van der Waals surface area contributed by atoms with Crippen molar-refractivity contribution in [1.29, 1.82) is 0 Å². The summed E-state index contributed by atoms with van der Waals surface area (Å²) in [5, 5.41) is 5.24. The van der Waals surface area contributed by atoms with Gasteiger partial charge in [0.05, 0.1) is 16.8 Å². The summed E-state index contributed by atoms with van der Waals surface area (Å²) in [5.41, 5.74) is 8.93. The number of hydrogen-bond donors (Lipinski definition) is 1. The van der Waals surface area contributed by atoms with E-state index in [9.17, 15) is 4.79 Å². The number of aromatic nitrogens is 3. The highest BCUT2D eigenvalue weighted by Crippen LogP contribution is 2.23. The molecule has 0 unspecified atom stereocenters. The van der Waals surface area contributed by atoms with Gasteiger partial charge >= 0.3 is 0 Å². The lowest BCUT2D eigenvalue weighted by atomic mass is 10.1. The summed E-state index contributed by atoms with van der Waals surface area (Å²) in [6.07, 6.45) is 2.04. The zero-order valence-corrected chi connectivity index (χ0v) is 14.2. The molecule has 0 saturated heterocycles. The molecule has 2 aromatic heterocycles. The lowest BCUT2D eigenvalue weighted by molar-refractivity contribution is 0.100. The average Bonchev–Trinajstić information content (AvgIpc) is 2.93. The fraction of sp³-hybridized carbons (Fsp3) is 0.278. The van der Waals surface area contributed by atoms with Crippen molar-refractivity contribution < 1.29 is 4.79 Å². The van der Waals surface area contributed by atoms with E-state index in [1.807, 2.05) is 54.0 Å². The molecule has 1 aromatic carbocycles. The molecule has 3 aromatic rings. The number of pyridine rings is 1. The highest BCUT2D eigenvalue weighted by Gasteiger charge is 2.14. The van der Waals surface area contributed by atoms with Crippen molar-refractivity contribution in [2.45, 2.75) is 26.9 Å². The number of anilines is 1. The number of carbonyl (C=O) groups is 1. The van der Waals surface area contributed by atoms with E-state index in [4.69, 9.17) is 5.73 Å². The second-order valence-corrected chi connectivity index (χ2v) is 5.86. The zero-order valence-electron chi connectivity index (χ0n) is 14.2. The molecule has 2 N–H and O–H groups in total. The Hall–Kier alpha value is -2.89. The van der Waals surface area contributed by atoms with E-state index in [2.05, 4.69) is 17.0 Å². The number of fused-ring (bicyclic) bond motifs is 1. The van der Waals surface area contributed by atoms with E-state index >= 15 is 0 Å². The van der Waals surface area contributed by atoms with Gasteiger partial charge in [-0.2, -0.15) is 5.10 Å². The number of para-hydroxylation sites is 1. The fourth-order valence-electron chi connectivity index (χ4n) is 2.77. The molecule has 0 aliphatic carbocycles. The Bertz CT molecular complexity index is 900. The monoisotopic (exact) mass is 323 g/mol. The number of amides is 1. The molecule has 0 radical (unpaired) electrons. The molecule has 0 saturated carbocycles. The number of nitrogens with zero attached hydrogens (tertiary/aromatic N) is 4. The molecule has 0 aliphatic heterocycles. The lowest BCUT2D eigenvalue weighted by Gasteiger charge is -2.19. The molecule has 2 heterocycles. The summed E-state index contributed by atoms with van der Waals surface area (Å²) in [7, 11) is 1.95. The van der Waals surface area contributed by atoms with Gasteiger partial charge in [-0.25, -0.2) is 4.98 Å². The Morgan fingerprint density at radius 2 is 2.08 bits per heavy atom. The van der Waals surface area contributed by atoms with Crippen molar-refractivity contribution >= 4 is 22.6 Å². The van der Waals surface area contributed by atoms with Crippen LogP contribution in [0.1, 0.15) is 28.5 Å². The predicted molar refractivity (Wildman–Crippen MR) is 95.0 cm³/mol. The van der Waals surface area contributed by atoms with Crippen LogP contribution in [0.3, 0.4) is 0 Å². The predicted octanol–water partition coefficient (Wildman–Crippen LogP) is 2.49. The molecule has 0 spiro atoms. The third-order valence-electron chi connectivity index (χ3n) is 4.14. The average molecular weight is 323 g/mol. The van der Waals surface area contributed by atoms with Gasteiger partial charge in [-0.15, -0.1) is 0 Å². The lowest BCUT2D eigenvalue weighted by Crippen LogP contribution is -2.20. The molecular formula is C18H21N5O. The quantitative estimate of drug-likeness (QED) is 0.782. The normalized spacial score (nSPS) is 11.0. The van der Waals surface area contributed by atoms with E-state index in [1.54, 1.807) is 6.07 Å². The van der Waals surface area contributed by atoms with Crippen molar-refractivity contribution in [3.63, 3.8) is 0 Å². The van der Waals surface area contributed by atoms with Gasteiger partial charge in [-0.05, 0) is 26.0 Å². The number of nitrogens with two attached hydrogens (primary N) is 1. The maximum absolute atomic E-state index is 11.8. The van der Waals surface area contributed by atoms with Crippen LogP contribution < -0.4 is 10.6 Å². The van der Waals surface area contributed by atoms with Gasteiger partial charge in [0.15, 0.2) is 0 Å². The van der Waals surface area contributed by atoms with E-state index in [-0.39, 0.29) is 0 Å². The highest BCUT2D eigenvalue weighted by molar-refractivity contribution is 6.06. The summed E-state index contributed by atoms with van der Waals surface area (Å²) in [6.45, 7) is 5.56. The summed E-state index contributed by atoms with van der Waals surface area (Å²) < 4.78 is 1.92. The van der Waals surface area contributed by atoms with Crippen LogP contribution in [0.2, 0.25) is 0 Å². The first-order chi connectivity index (χ1) is 11.5. The highest BCUT2D eigenvalue weighted by atomic mass is 16.1. The third-order valence-corrected chi connectivity index (χ3v) is 4.14. The number of hydrogen-bond acceptors (Lipinski definition) is 4. The Morgan fingerprint density at radius 3 is 2.75 bits per heavy atom. The van der Waals surface area contributed by atoms with E-state index in [0.29, 0.717) is 17.9 Å². The minimum absolute atomic E-state index is 0.446. The number of aryl methyl sites for hydroxylation is 2. The molecule has 24 heavy (non-hydrogen) atoms. The van der Waals surface area contributed by atoms with Gasteiger partial charge in [0, 0.05) is 37.3 Å². The first-order valence-corrected chi connectivity index (χ1v) is 7.93. The molecule has 6 nitrogen and oxygen atoms in total. The summed E-state index contributed by atoms with van der Waals surface area (Å²) in [4.78, 5) is 18.5. The summed E-state index contributed by atoms with van der Waals surface area (Å²) >= 11 is 0. The van der Waals surface area contributed by atoms with Gasteiger partial charge in [-0.3, -0.25) is 9.48 Å². The second kappa shape index (κ2) is 6.31. The van der Waals surface area contributed by atoms with Crippen LogP contribution in [0.5, 0.6) is 0 Å². The van der Waals surface area contributed by atoms with Crippen molar-refractivity contribution in [2.75, 3.05) is 11.9 Å². The SMILES string of the molecule is CCn1cc(CN(C)c2cc(C(N)=O)c3ccccc3n2)c(C)n1. The van der Waals surface area contributed by atoms with Crippen molar-refractivity contribution in [2.24, 2.45) is 5.73 Å². The first-order valence-electron chi connectivity index (χ1n) is 7.93. The maximum atomic E-state index is 11.8. The van der Waals surface area contributed by atoms with Crippen molar-refractivity contribution in [3.05, 3.63) is 53.3 Å². The third kappa shape index (κ3) is 2.95. The molecule has 0 fully saturated rings. The van der Waals surface area contributed by atoms with Crippen LogP contribution in [-0.4, -0.2) is 27.7 Å². The Morgan fingerprint density at radius 1 is 1.33 bits per heavy atom. The second-order valence-electron chi connectivity index (χ2n) is 5.86. The maximum Gasteiger partial charge on any atom is 0.249 e. The van der Waals surface area contributed by atoms with Gasteiger partial charge in [0.1, 0.15) is 5.82 Å². The van der Waals surface area contributed by atoms with E-state index < -0.39 is 5.91 Å². The molecule has 3 rings (SSSR count). The molecule has 1 amide bonds. The Labute approximate surface area is 140 Å².